The Morgan fingerprint density at radius 1 is 0.795 bits per heavy atom. The van der Waals surface area contributed by atoms with Crippen molar-refractivity contribution in [1.82, 2.24) is 10.2 Å². The van der Waals surface area contributed by atoms with Gasteiger partial charge in [0, 0.05) is 40.1 Å². The van der Waals surface area contributed by atoms with Crippen LogP contribution in [0.2, 0.25) is 15.1 Å². The number of halogens is 3. The number of hydrogen-bond acceptors (Lipinski definition) is 4. The molecule has 0 spiro atoms. The number of likely N-dealkylation sites (N-methyl/N-ethyl adjacent to an activating group) is 1. The van der Waals surface area contributed by atoms with Crippen LogP contribution in [0.5, 0.6) is 0 Å². The maximum absolute atomic E-state index is 14.5. The monoisotopic (exact) mass is 671 g/mol. The summed E-state index contributed by atoms with van der Waals surface area (Å²) in [7, 11) is -4.25. The number of rotatable bonds is 12. The highest BCUT2D eigenvalue weighted by Gasteiger charge is 2.35. The molecule has 0 unspecified atom stereocenters. The summed E-state index contributed by atoms with van der Waals surface area (Å²) in [5.74, 6) is -1.03. The van der Waals surface area contributed by atoms with Crippen LogP contribution in [0.3, 0.4) is 0 Å². The van der Waals surface area contributed by atoms with Crippen molar-refractivity contribution in [2.45, 2.75) is 37.8 Å². The first kappa shape index (κ1) is 33.3. The van der Waals surface area contributed by atoms with E-state index in [9.17, 15) is 18.0 Å². The highest BCUT2D eigenvalue weighted by molar-refractivity contribution is 7.92. The van der Waals surface area contributed by atoms with Gasteiger partial charge in [0.2, 0.25) is 11.8 Å². The number of sulfonamides is 1. The molecule has 4 aromatic carbocycles. The van der Waals surface area contributed by atoms with Gasteiger partial charge in [0.05, 0.1) is 10.6 Å². The molecule has 0 saturated carbocycles. The number of nitrogens with zero attached hydrogens (tertiary/aromatic N) is 2. The molecule has 230 valence electrons. The zero-order valence-corrected chi connectivity index (χ0v) is 27.3. The minimum atomic E-state index is -4.25. The zero-order chi connectivity index (χ0) is 31.9. The van der Waals surface area contributed by atoms with Crippen molar-refractivity contribution in [3.8, 4) is 0 Å². The zero-order valence-electron chi connectivity index (χ0n) is 24.2. The van der Waals surface area contributed by atoms with E-state index in [1.54, 1.807) is 68.4 Å². The standard InChI is InChI=1S/C33H32Cl3N3O4S/c1-3-37-33(41)31(20-24-12-6-4-7-13-24)38(21-26-28(35)17-10-18-29(26)36)32(40)22-39(30-19-11-16-27(34)23(30)2)44(42,43)25-14-8-5-9-15-25/h4-19,31H,3,20-22H2,1-2H3,(H,37,41)/t31-/m1/s1. The summed E-state index contributed by atoms with van der Waals surface area (Å²) in [6.45, 7) is 3.04. The van der Waals surface area contributed by atoms with Crippen molar-refractivity contribution in [2.75, 3.05) is 17.4 Å². The maximum atomic E-state index is 14.5. The van der Waals surface area contributed by atoms with Crippen LogP contribution in [0.25, 0.3) is 0 Å². The summed E-state index contributed by atoms with van der Waals surface area (Å²) in [6.07, 6.45) is 0.169. The van der Waals surface area contributed by atoms with Crippen LogP contribution >= 0.6 is 34.8 Å². The van der Waals surface area contributed by atoms with Crippen molar-refractivity contribution in [3.63, 3.8) is 0 Å². The van der Waals surface area contributed by atoms with Gasteiger partial charge >= 0.3 is 0 Å². The lowest BCUT2D eigenvalue weighted by Gasteiger charge is -2.34. The number of carbonyl (C=O) groups is 2. The Kier molecular flexibility index (Phi) is 11.3. The molecule has 44 heavy (non-hydrogen) atoms. The molecule has 0 fully saturated rings. The molecule has 0 aliphatic heterocycles. The van der Waals surface area contributed by atoms with Crippen LogP contribution in [0.1, 0.15) is 23.6 Å². The van der Waals surface area contributed by atoms with Gasteiger partial charge in [0.25, 0.3) is 10.0 Å². The lowest BCUT2D eigenvalue weighted by Crippen LogP contribution is -2.53. The Labute approximate surface area is 273 Å². The largest absolute Gasteiger partial charge is 0.355 e. The summed E-state index contributed by atoms with van der Waals surface area (Å²) in [6, 6.07) is 25.9. The number of benzene rings is 4. The first-order chi connectivity index (χ1) is 21.0. The van der Waals surface area contributed by atoms with E-state index in [2.05, 4.69) is 5.32 Å². The number of nitrogens with one attached hydrogen (secondary N) is 1. The Morgan fingerprint density at radius 2 is 1.36 bits per heavy atom. The lowest BCUT2D eigenvalue weighted by atomic mass is 10.0. The molecule has 1 atom stereocenters. The van der Waals surface area contributed by atoms with Crippen molar-refractivity contribution >= 4 is 62.3 Å². The van der Waals surface area contributed by atoms with Gasteiger partial charge in [0.1, 0.15) is 12.6 Å². The third-order valence-corrected chi connectivity index (χ3v) is 10.0. The number of anilines is 1. The molecule has 0 bridgehead atoms. The second-order valence-electron chi connectivity index (χ2n) is 10.0. The summed E-state index contributed by atoms with van der Waals surface area (Å²) < 4.78 is 29.2. The van der Waals surface area contributed by atoms with Crippen molar-refractivity contribution in [3.05, 3.63) is 129 Å². The highest BCUT2D eigenvalue weighted by atomic mass is 35.5. The first-order valence-corrected chi connectivity index (χ1v) is 16.5. The molecule has 4 rings (SSSR count). The van der Waals surface area contributed by atoms with Crippen molar-refractivity contribution in [1.29, 1.82) is 0 Å². The van der Waals surface area contributed by atoms with Gasteiger partial charge in [-0.3, -0.25) is 13.9 Å². The number of amides is 2. The van der Waals surface area contributed by atoms with Gasteiger partial charge < -0.3 is 10.2 Å². The van der Waals surface area contributed by atoms with Crippen molar-refractivity contribution in [2.24, 2.45) is 0 Å². The SMILES string of the molecule is CCNC(=O)[C@@H](Cc1ccccc1)N(Cc1c(Cl)cccc1Cl)C(=O)CN(c1cccc(Cl)c1C)S(=O)(=O)c1ccccc1. The maximum Gasteiger partial charge on any atom is 0.264 e. The van der Waals surface area contributed by atoms with E-state index in [0.717, 1.165) is 9.87 Å². The molecule has 0 aromatic heterocycles. The Morgan fingerprint density at radius 3 is 1.98 bits per heavy atom. The minimum absolute atomic E-state index is 0.00237. The predicted molar refractivity (Wildman–Crippen MR) is 177 cm³/mol. The molecule has 0 radical (unpaired) electrons. The van der Waals surface area contributed by atoms with Gasteiger partial charge in [-0.05, 0) is 61.4 Å². The van der Waals surface area contributed by atoms with Crippen LogP contribution in [-0.4, -0.2) is 44.3 Å². The molecule has 4 aromatic rings. The van der Waals surface area contributed by atoms with Gasteiger partial charge in [0.15, 0.2) is 0 Å². The van der Waals surface area contributed by atoms with Crippen LogP contribution in [0.15, 0.2) is 102 Å². The molecule has 2 amide bonds. The Hall–Kier alpha value is -3.56. The second-order valence-corrected chi connectivity index (χ2v) is 13.1. The Bertz CT molecular complexity index is 1700. The van der Waals surface area contributed by atoms with E-state index in [0.29, 0.717) is 32.7 Å². The smallest absolute Gasteiger partial charge is 0.264 e. The molecule has 0 aliphatic rings. The topological polar surface area (TPSA) is 86.8 Å². The van der Waals surface area contributed by atoms with E-state index < -0.39 is 34.4 Å². The van der Waals surface area contributed by atoms with E-state index in [1.807, 2.05) is 30.3 Å². The van der Waals surface area contributed by atoms with Crippen LogP contribution in [0, 0.1) is 6.92 Å². The van der Waals surface area contributed by atoms with Gasteiger partial charge in [-0.1, -0.05) is 95.5 Å². The molecular formula is C33H32Cl3N3O4S. The minimum Gasteiger partial charge on any atom is -0.355 e. The summed E-state index contributed by atoms with van der Waals surface area (Å²) in [5.41, 5.74) is 1.96. The van der Waals surface area contributed by atoms with E-state index >= 15 is 0 Å². The highest BCUT2D eigenvalue weighted by Crippen LogP contribution is 2.32. The third-order valence-electron chi connectivity index (χ3n) is 7.13. The fraction of sp³-hybridized carbons (Fsp3) is 0.212. The molecule has 1 N–H and O–H groups in total. The molecule has 11 heteroatoms. The van der Waals surface area contributed by atoms with Crippen molar-refractivity contribution < 1.29 is 18.0 Å². The fourth-order valence-electron chi connectivity index (χ4n) is 4.80. The fourth-order valence-corrected chi connectivity index (χ4v) is 6.98. The number of hydrogen-bond donors (Lipinski definition) is 1. The van der Waals surface area contributed by atoms with Gasteiger partial charge in [-0.15, -0.1) is 0 Å². The summed E-state index contributed by atoms with van der Waals surface area (Å²) >= 11 is 19.5. The average molecular weight is 673 g/mol. The van der Waals surface area contributed by atoms with Crippen LogP contribution in [0.4, 0.5) is 5.69 Å². The van der Waals surface area contributed by atoms with Gasteiger partial charge in [-0.2, -0.15) is 0 Å². The quantitative estimate of drug-likeness (QED) is 0.177. The number of carbonyl (C=O) groups excluding carboxylic acids is 2. The molecule has 7 nitrogen and oxygen atoms in total. The van der Waals surface area contributed by atoms with Crippen LogP contribution in [-0.2, 0) is 32.6 Å². The molecule has 0 heterocycles. The molecule has 0 saturated heterocycles. The van der Waals surface area contributed by atoms with E-state index in [4.69, 9.17) is 34.8 Å². The summed E-state index contributed by atoms with van der Waals surface area (Å²) in [4.78, 5) is 29.4. The lowest BCUT2D eigenvalue weighted by molar-refractivity contribution is -0.140. The average Bonchev–Trinajstić information content (AvgIpc) is 3.01. The second kappa shape index (κ2) is 14.9. The molecule has 0 aliphatic carbocycles. The predicted octanol–water partition coefficient (Wildman–Crippen LogP) is 6.93. The molecular weight excluding hydrogens is 641 g/mol. The van der Waals surface area contributed by atoms with Crippen LogP contribution < -0.4 is 9.62 Å². The summed E-state index contributed by atoms with van der Waals surface area (Å²) in [5, 5.41) is 3.78. The Balaban J connectivity index is 1.85. The normalized spacial score (nSPS) is 11.9. The van der Waals surface area contributed by atoms with Gasteiger partial charge in [-0.25, -0.2) is 8.42 Å². The first-order valence-electron chi connectivity index (χ1n) is 13.9. The van der Waals surface area contributed by atoms with E-state index in [-0.39, 0.29) is 23.5 Å². The van der Waals surface area contributed by atoms with E-state index in [1.165, 1.54) is 17.0 Å². The third kappa shape index (κ3) is 7.74.